The topological polar surface area (TPSA) is 47.0 Å². The van der Waals surface area contributed by atoms with Gasteiger partial charge < -0.3 is 14.9 Å². The Hall–Kier alpha value is -2.53. The maximum Gasteiger partial charge on any atom is 0.236 e. The first-order chi connectivity index (χ1) is 12.5. The number of benzene rings is 2. The van der Waals surface area contributed by atoms with Crippen LogP contribution in [0.3, 0.4) is 0 Å². The smallest absolute Gasteiger partial charge is 0.236 e. The number of hydrogen-bond acceptors (Lipinski definition) is 4. The molecule has 1 fully saturated rings. The van der Waals surface area contributed by atoms with Crippen LogP contribution in [0.2, 0.25) is 0 Å². The molecule has 0 bridgehead atoms. The molecule has 138 valence electrons. The van der Waals surface area contributed by atoms with Gasteiger partial charge in [0.15, 0.2) is 0 Å². The molecular formula is C21H27N3O2. The Bertz CT molecular complexity index is 754. The minimum atomic E-state index is 0.143. The fourth-order valence-electron chi connectivity index (χ4n) is 3.32. The van der Waals surface area contributed by atoms with E-state index in [0.717, 1.165) is 31.9 Å². The zero-order valence-corrected chi connectivity index (χ0v) is 15.6. The Morgan fingerprint density at radius 1 is 1.04 bits per heavy atom. The number of phenols is 1. The molecule has 1 saturated heterocycles. The number of amides is 1. The van der Waals surface area contributed by atoms with Gasteiger partial charge in [0.1, 0.15) is 5.75 Å². The second-order valence-electron chi connectivity index (χ2n) is 6.93. The lowest BCUT2D eigenvalue weighted by molar-refractivity contribution is -0.131. The van der Waals surface area contributed by atoms with E-state index in [1.165, 1.54) is 11.1 Å². The Morgan fingerprint density at radius 3 is 2.38 bits per heavy atom. The Balaban J connectivity index is 1.50. The van der Waals surface area contributed by atoms with Gasteiger partial charge in [0, 0.05) is 39.8 Å². The molecule has 2 aromatic rings. The summed E-state index contributed by atoms with van der Waals surface area (Å²) in [7, 11) is 1.87. The summed E-state index contributed by atoms with van der Waals surface area (Å²) in [6, 6.07) is 15.6. The van der Waals surface area contributed by atoms with Crippen LogP contribution in [-0.4, -0.2) is 60.6 Å². The summed E-state index contributed by atoms with van der Waals surface area (Å²) in [4.78, 5) is 18.7. The van der Waals surface area contributed by atoms with Crippen molar-refractivity contribution in [1.82, 2.24) is 9.80 Å². The third-order valence-corrected chi connectivity index (χ3v) is 5.05. The quantitative estimate of drug-likeness (QED) is 0.897. The molecule has 26 heavy (non-hydrogen) atoms. The van der Waals surface area contributed by atoms with Crippen LogP contribution in [0.1, 0.15) is 11.1 Å². The number of anilines is 1. The van der Waals surface area contributed by atoms with Crippen LogP contribution in [0.5, 0.6) is 5.75 Å². The maximum absolute atomic E-state index is 12.6. The second kappa shape index (κ2) is 8.23. The second-order valence-corrected chi connectivity index (χ2v) is 6.93. The number of nitrogens with zero attached hydrogens (tertiary/aromatic N) is 3. The van der Waals surface area contributed by atoms with E-state index < -0.39 is 0 Å². The van der Waals surface area contributed by atoms with E-state index in [2.05, 4.69) is 28.9 Å². The van der Waals surface area contributed by atoms with Gasteiger partial charge in [0.05, 0.1) is 12.2 Å². The average Bonchev–Trinajstić information content (AvgIpc) is 2.65. The minimum absolute atomic E-state index is 0.143. The number of rotatable bonds is 5. The number of likely N-dealkylation sites (N-methyl/N-ethyl adjacent to an activating group) is 1. The molecule has 3 rings (SSSR count). The first kappa shape index (κ1) is 18.3. The van der Waals surface area contributed by atoms with Gasteiger partial charge in [0.2, 0.25) is 5.91 Å². The van der Waals surface area contributed by atoms with Gasteiger partial charge in [-0.1, -0.05) is 36.4 Å². The van der Waals surface area contributed by atoms with E-state index in [-0.39, 0.29) is 5.91 Å². The maximum atomic E-state index is 12.6. The Morgan fingerprint density at radius 2 is 1.69 bits per heavy atom. The number of hydrogen-bond donors (Lipinski definition) is 1. The molecule has 0 spiro atoms. The Labute approximate surface area is 155 Å². The molecule has 1 heterocycles. The van der Waals surface area contributed by atoms with Crippen molar-refractivity contribution in [2.24, 2.45) is 0 Å². The molecular weight excluding hydrogens is 326 g/mol. The molecule has 2 aromatic carbocycles. The molecule has 1 aliphatic rings. The largest absolute Gasteiger partial charge is 0.506 e. The van der Waals surface area contributed by atoms with Crippen molar-refractivity contribution < 1.29 is 9.90 Å². The number of carbonyl (C=O) groups excluding carboxylic acids is 1. The van der Waals surface area contributed by atoms with Crippen LogP contribution >= 0.6 is 0 Å². The first-order valence-electron chi connectivity index (χ1n) is 9.08. The molecule has 1 amide bonds. The summed E-state index contributed by atoms with van der Waals surface area (Å²) < 4.78 is 0. The van der Waals surface area contributed by atoms with Crippen molar-refractivity contribution in [2.45, 2.75) is 13.5 Å². The number of aromatic hydroxyl groups is 1. The third-order valence-electron chi connectivity index (χ3n) is 5.05. The fraction of sp³-hybridized carbons (Fsp3) is 0.381. The number of phenolic OH excluding ortho intramolecular Hbond substituents is 1. The lowest BCUT2D eigenvalue weighted by Crippen LogP contribution is -2.49. The van der Waals surface area contributed by atoms with Crippen molar-refractivity contribution in [3.8, 4) is 5.75 Å². The number of para-hydroxylation sites is 2. The number of carbonyl (C=O) groups is 1. The molecule has 5 heteroatoms. The lowest BCUT2D eigenvalue weighted by atomic mass is 10.1. The van der Waals surface area contributed by atoms with E-state index in [4.69, 9.17) is 0 Å². The van der Waals surface area contributed by atoms with Gasteiger partial charge in [-0.15, -0.1) is 0 Å². The van der Waals surface area contributed by atoms with E-state index >= 15 is 0 Å². The molecule has 0 aliphatic carbocycles. The highest BCUT2D eigenvalue weighted by Crippen LogP contribution is 2.27. The molecule has 0 radical (unpaired) electrons. The monoisotopic (exact) mass is 353 g/mol. The van der Waals surface area contributed by atoms with E-state index in [1.807, 2.05) is 37.4 Å². The zero-order chi connectivity index (χ0) is 18.5. The van der Waals surface area contributed by atoms with E-state index in [9.17, 15) is 9.90 Å². The van der Waals surface area contributed by atoms with Crippen molar-refractivity contribution in [3.05, 3.63) is 59.7 Å². The summed E-state index contributed by atoms with van der Waals surface area (Å²) in [5.41, 5.74) is 3.27. The highest BCUT2D eigenvalue weighted by molar-refractivity contribution is 5.78. The van der Waals surface area contributed by atoms with Crippen molar-refractivity contribution in [3.63, 3.8) is 0 Å². The summed E-state index contributed by atoms with van der Waals surface area (Å²) in [5.74, 6) is 0.458. The molecule has 1 N–H and O–H groups in total. The predicted octanol–water partition coefficient (Wildman–Crippen LogP) is 2.48. The number of aryl methyl sites for hydroxylation is 1. The molecule has 0 saturated carbocycles. The van der Waals surface area contributed by atoms with Gasteiger partial charge in [-0.3, -0.25) is 9.69 Å². The normalized spacial score (nSPS) is 15.1. The minimum Gasteiger partial charge on any atom is -0.506 e. The van der Waals surface area contributed by atoms with Gasteiger partial charge in [-0.2, -0.15) is 0 Å². The fourth-order valence-corrected chi connectivity index (χ4v) is 3.32. The van der Waals surface area contributed by atoms with E-state index in [0.29, 0.717) is 18.8 Å². The van der Waals surface area contributed by atoms with Crippen molar-refractivity contribution >= 4 is 11.6 Å². The van der Waals surface area contributed by atoms with Crippen LogP contribution in [0.15, 0.2) is 48.5 Å². The van der Waals surface area contributed by atoms with Crippen molar-refractivity contribution in [2.75, 3.05) is 44.7 Å². The summed E-state index contributed by atoms with van der Waals surface area (Å²) in [5, 5.41) is 9.99. The highest BCUT2D eigenvalue weighted by Gasteiger charge is 2.22. The van der Waals surface area contributed by atoms with Gasteiger partial charge >= 0.3 is 0 Å². The van der Waals surface area contributed by atoms with Gasteiger partial charge in [-0.05, 0) is 30.2 Å². The zero-order valence-electron chi connectivity index (χ0n) is 15.6. The standard InChI is InChI=1S/C21H27N3O2/c1-17-7-3-4-8-18(17)15-22(2)21(26)16-23-11-13-24(14-12-23)19-9-5-6-10-20(19)25/h3-10,25H,11-16H2,1-2H3. The molecule has 5 nitrogen and oxygen atoms in total. The van der Waals surface area contributed by atoms with Crippen LogP contribution < -0.4 is 4.90 Å². The van der Waals surface area contributed by atoms with E-state index in [1.54, 1.807) is 11.0 Å². The SMILES string of the molecule is Cc1ccccc1CN(C)C(=O)CN1CCN(c2ccccc2O)CC1. The number of piperazine rings is 1. The first-order valence-corrected chi connectivity index (χ1v) is 9.08. The molecule has 0 atom stereocenters. The molecule has 0 unspecified atom stereocenters. The highest BCUT2D eigenvalue weighted by atomic mass is 16.3. The third kappa shape index (κ3) is 4.35. The average molecular weight is 353 g/mol. The Kier molecular flexibility index (Phi) is 5.78. The summed E-state index contributed by atoms with van der Waals surface area (Å²) in [6.45, 7) is 6.42. The molecule has 1 aliphatic heterocycles. The van der Waals surface area contributed by atoms with Crippen LogP contribution in [0.25, 0.3) is 0 Å². The van der Waals surface area contributed by atoms with Gasteiger partial charge in [-0.25, -0.2) is 0 Å². The summed E-state index contributed by atoms with van der Waals surface area (Å²) in [6.07, 6.45) is 0. The summed E-state index contributed by atoms with van der Waals surface area (Å²) >= 11 is 0. The van der Waals surface area contributed by atoms with Crippen LogP contribution in [0.4, 0.5) is 5.69 Å². The lowest BCUT2D eigenvalue weighted by Gasteiger charge is -2.36. The molecule has 0 aromatic heterocycles. The van der Waals surface area contributed by atoms with Crippen LogP contribution in [-0.2, 0) is 11.3 Å². The van der Waals surface area contributed by atoms with Gasteiger partial charge in [0.25, 0.3) is 0 Å². The van der Waals surface area contributed by atoms with Crippen LogP contribution in [0, 0.1) is 6.92 Å². The van der Waals surface area contributed by atoms with Crippen molar-refractivity contribution in [1.29, 1.82) is 0 Å². The predicted molar refractivity (Wildman–Crippen MR) is 104 cm³/mol.